The van der Waals surface area contributed by atoms with Gasteiger partial charge in [0, 0.05) is 18.5 Å². The molecule has 7 heteroatoms. The molecule has 0 bridgehead atoms. The van der Waals surface area contributed by atoms with Gasteiger partial charge in [0.25, 0.3) is 5.91 Å². The highest BCUT2D eigenvalue weighted by Gasteiger charge is 2.29. The van der Waals surface area contributed by atoms with Crippen LogP contribution >= 0.6 is 12.4 Å². The van der Waals surface area contributed by atoms with Crippen LogP contribution in [0.5, 0.6) is 0 Å². The van der Waals surface area contributed by atoms with Gasteiger partial charge in [0.2, 0.25) is 0 Å². The van der Waals surface area contributed by atoms with E-state index in [-0.39, 0.29) is 36.0 Å². The van der Waals surface area contributed by atoms with Crippen LogP contribution in [0, 0.1) is 11.6 Å². The van der Waals surface area contributed by atoms with Crippen molar-refractivity contribution in [1.29, 1.82) is 0 Å². The highest BCUT2D eigenvalue weighted by Crippen LogP contribution is 2.27. The molecule has 1 aliphatic heterocycles. The molecular weight excluding hydrogens is 326 g/mol. The first-order valence-corrected chi connectivity index (χ1v) is 7.15. The van der Waals surface area contributed by atoms with Crippen LogP contribution in [0.2, 0.25) is 0 Å². The van der Waals surface area contributed by atoms with E-state index in [1.807, 2.05) is 0 Å². The van der Waals surface area contributed by atoms with Crippen LogP contribution in [-0.4, -0.2) is 25.0 Å². The largest absolute Gasteiger partial charge is 0.459 e. The molecule has 0 saturated carbocycles. The maximum Gasteiger partial charge on any atom is 0.287 e. The molecule has 2 N–H and O–H groups in total. The summed E-state index contributed by atoms with van der Waals surface area (Å²) in [5.41, 5.74) is 0.685. The molecule has 124 valence electrons. The Balaban J connectivity index is 0.00000192. The van der Waals surface area contributed by atoms with E-state index in [4.69, 9.17) is 4.42 Å². The van der Waals surface area contributed by atoms with Gasteiger partial charge < -0.3 is 15.1 Å². The van der Waals surface area contributed by atoms with Crippen LogP contribution in [-0.2, 0) is 0 Å². The number of carbonyl (C=O) groups excluding carboxylic acids is 1. The zero-order valence-electron chi connectivity index (χ0n) is 12.2. The summed E-state index contributed by atoms with van der Waals surface area (Å²) in [6, 6.07) is 6.91. The molecule has 2 atom stereocenters. The topological polar surface area (TPSA) is 54.3 Å². The minimum Gasteiger partial charge on any atom is -0.459 e. The number of piperidine rings is 1. The first-order chi connectivity index (χ1) is 10.6. The molecule has 1 aromatic carbocycles. The molecule has 0 spiro atoms. The summed E-state index contributed by atoms with van der Waals surface area (Å²) in [6.45, 7) is 1.33. The molecular formula is C16H17ClF2N2O2. The number of halogens is 3. The second-order valence-corrected chi connectivity index (χ2v) is 5.33. The van der Waals surface area contributed by atoms with Gasteiger partial charge in [-0.1, -0.05) is 6.07 Å². The monoisotopic (exact) mass is 342 g/mol. The van der Waals surface area contributed by atoms with E-state index in [1.165, 1.54) is 12.3 Å². The molecule has 3 rings (SSSR count). The Bertz CT molecular complexity index is 664. The van der Waals surface area contributed by atoms with Crippen LogP contribution in [0.4, 0.5) is 8.78 Å². The van der Waals surface area contributed by atoms with Crippen molar-refractivity contribution in [2.75, 3.05) is 13.1 Å². The minimum absolute atomic E-state index is 0. The number of amides is 1. The van der Waals surface area contributed by atoms with Crippen LogP contribution in [0.25, 0.3) is 0 Å². The zero-order chi connectivity index (χ0) is 15.5. The lowest BCUT2D eigenvalue weighted by Gasteiger charge is -2.33. The van der Waals surface area contributed by atoms with E-state index in [9.17, 15) is 13.6 Å². The standard InChI is InChI=1S/C16H16F2N2O2.ClH/c17-12-4-3-10(8-13(12)18)11-5-6-19-9-14(11)20-16(21)15-2-1-7-22-15;/h1-4,7-8,11,14,19H,5-6,9H2,(H,20,21);1H. The Morgan fingerprint density at radius 1 is 1.26 bits per heavy atom. The van der Waals surface area contributed by atoms with E-state index in [0.717, 1.165) is 19.0 Å². The van der Waals surface area contributed by atoms with Gasteiger partial charge in [-0.3, -0.25) is 4.79 Å². The lowest BCUT2D eigenvalue weighted by molar-refractivity contribution is 0.0896. The van der Waals surface area contributed by atoms with Gasteiger partial charge in [0.05, 0.1) is 6.26 Å². The van der Waals surface area contributed by atoms with E-state index in [2.05, 4.69) is 10.6 Å². The maximum absolute atomic E-state index is 13.5. The fourth-order valence-corrected chi connectivity index (χ4v) is 2.80. The van der Waals surface area contributed by atoms with Crippen molar-refractivity contribution in [3.63, 3.8) is 0 Å². The number of benzene rings is 1. The quantitative estimate of drug-likeness (QED) is 0.902. The van der Waals surface area contributed by atoms with Crippen molar-refractivity contribution in [3.05, 3.63) is 59.6 Å². The summed E-state index contributed by atoms with van der Waals surface area (Å²) in [6.07, 6.45) is 2.16. The molecule has 1 amide bonds. The summed E-state index contributed by atoms with van der Waals surface area (Å²) in [5, 5.41) is 6.09. The Kier molecular flexibility index (Phi) is 5.74. The number of nitrogens with one attached hydrogen (secondary N) is 2. The molecule has 23 heavy (non-hydrogen) atoms. The van der Waals surface area contributed by atoms with Crippen molar-refractivity contribution in [2.24, 2.45) is 0 Å². The molecule has 1 saturated heterocycles. The Morgan fingerprint density at radius 2 is 2.09 bits per heavy atom. The average molecular weight is 343 g/mol. The molecule has 2 unspecified atom stereocenters. The van der Waals surface area contributed by atoms with Crippen LogP contribution < -0.4 is 10.6 Å². The second kappa shape index (κ2) is 7.57. The van der Waals surface area contributed by atoms with Crippen molar-refractivity contribution in [1.82, 2.24) is 10.6 Å². The van der Waals surface area contributed by atoms with E-state index in [1.54, 1.807) is 18.2 Å². The average Bonchev–Trinajstić information content (AvgIpc) is 3.05. The summed E-state index contributed by atoms with van der Waals surface area (Å²) in [4.78, 5) is 12.1. The van der Waals surface area contributed by atoms with Gasteiger partial charge in [0.15, 0.2) is 17.4 Å². The number of hydrogen-bond donors (Lipinski definition) is 2. The molecule has 1 aromatic heterocycles. The smallest absolute Gasteiger partial charge is 0.287 e. The van der Waals surface area contributed by atoms with Gasteiger partial charge >= 0.3 is 0 Å². The Labute approximate surface area is 138 Å². The molecule has 2 heterocycles. The predicted octanol–water partition coefficient (Wildman–Crippen LogP) is 2.86. The van der Waals surface area contributed by atoms with Gasteiger partial charge in [-0.05, 0) is 42.8 Å². The molecule has 4 nitrogen and oxygen atoms in total. The first-order valence-electron chi connectivity index (χ1n) is 7.15. The number of hydrogen-bond acceptors (Lipinski definition) is 3. The van der Waals surface area contributed by atoms with Gasteiger partial charge in [-0.2, -0.15) is 0 Å². The molecule has 2 aromatic rings. The molecule has 0 aliphatic carbocycles. The third-order valence-corrected chi connectivity index (χ3v) is 3.92. The van der Waals surface area contributed by atoms with Crippen LogP contribution in [0.1, 0.15) is 28.5 Å². The minimum atomic E-state index is -0.868. The van der Waals surface area contributed by atoms with Crippen LogP contribution in [0.3, 0.4) is 0 Å². The predicted molar refractivity (Wildman–Crippen MR) is 83.8 cm³/mol. The highest BCUT2D eigenvalue weighted by atomic mass is 35.5. The van der Waals surface area contributed by atoms with E-state index in [0.29, 0.717) is 12.1 Å². The highest BCUT2D eigenvalue weighted by molar-refractivity contribution is 5.91. The lowest BCUT2D eigenvalue weighted by atomic mass is 9.86. The van der Waals surface area contributed by atoms with E-state index < -0.39 is 11.6 Å². The fraction of sp³-hybridized carbons (Fsp3) is 0.312. The van der Waals surface area contributed by atoms with Crippen molar-refractivity contribution in [2.45, 2.75) is 18.4 Å². The normalized spacial score (nSPS) is 20.6. The zero-order valence-corrected chi connectivity index (χ0v) is 13.0. The summed E-state index contributed by atoms with van der Waals surface area (Å²) < 4.78 is 31.6. The first kappa shape index (κ1) is 17.4. The SMILES string of the molecule is Cl.O=C(NC1CNCCC1c1ccc(F)c(F)c1)c1ccco1. The Morgan fingerprint density at radius 3 is 2.78 bits per heavy atom. The van der Waals surface area contributed by atoms with E-state index >= 15 is 0 Å². The van der Waals surface area contributed by atoms with Crippen molar-refractivity contribution < 1.29 is 18.0 Å². The summed E-state index contributed by atoms with van der Waals surface area (Å²) >= 11 is 0. The second-order valence-electron chi connectivity index (χ2n) is 5.33. The Hall–Kier alpha value is -1.92. The lowest BCUT2D eigenvalue weighted by Crippen LogP contribution is -2.50. The van der Waals surface area contributed by atoms with Gasteiger partial charge in [0.1, 0.15) is 0 Å². The molecule has 1 aliphatic rings. The van der Waals surface area contributed by atoms with Crippen molar-refractivity contribution in [3.8, 4) is 0 Å². The molecule has 0 radical (unpaired) electrons. The fourth-order valence-electron chi connectivity index (χ4n) is 2.80. The van der Waals surface area contributed by atoms with Crippen molar-refractivity contribution >= 4 is 18.3 Å². The summed E-state index contributed by atoms with van der Waals surface area (Å²) in [7, 11) is 0. The number of carbonyl (C=O) groups is 1. The third-order valence-electron chi connectivity index (χ3n) is 3.92. The number of rotatable bonds is 3. The summed E-state index contributed by atoms with van der Waals surface area (Å²) in [5.74, 6) is -1.89. The van der Waals surface area contributed by atoms with Gasteiger partial charge in [-0.15, -0.1) is 12.4 Å². The van der Waals surface area contributed by atoms with Gasteiger partial charge in [-0.25, -0.2) is 8.78 Å². The maximum atomic E-state index is 13.5. The van der Waals surface area contributed by atoms with Crippen LogP contribution in [0.15, 0.2) is 41.0 Å². The molecule has 1 fully saturated rings. The third kappa shape index (κ3) is 3.89. The number of furan rings is 1.